The number of benzene rings is 1. The summed E-state index contributed by atoms with van der Waals surface area (Å²) in [6, 6.07) is 3.92. The van der Waals surface area contributed by atoms with E-state index in [1.54, 1.807) is 30.6 Å². The van der Waals surface area contributed by atoms with Crippen LogP contribution in [0.1, 0.15) is 13.3 Å². The standard InChI is InChI=1S/C12H13N3O3S/c1-2-8(11(16)17)15-12(18)14-7-3-4-9-10(5-7)19-6-13-9/h3-6,8H,2H2,1H3,(H,16,17)(H2,14,15,18). The predicted molar refractivity (Wildman–Crippen MR) is 73.5 cm³/mol. The number of fused-ring (bicyclic) bond motifs is 1. The van der Waals surface area contributed by atoms with E-state index in [0.717, 1.165) is 10.2 Å². The number of urea groups is 1. The Balaban J connectivity index is 2.03. The van der Waals surface area contributed by atoms with Crippen molar-refractivity contribution < 1.29 is 14.7 Å². The highest BCUT2D eigenvalue weighted by atomic mass is 32.1. The zero-order valence-corrected chi connectivity index (χ0v) is 11.0. The van der Waals surface area contributed by atoms with Gasteiger partial charge in [-0.3, -0.25) is 0 Å². The first-order valence-electron chi connectivity index (χ1n) is 5.73. The number of anilines is 1. The quantitative estimate of drug-likeness (QED) is 0.800. The lowest BCUT2D eigenvalue weighted by atomic mass is 10.2. The number of carbonyl (C=O) groups excluding carboxylic acids is 1. The van der Waals surface area contributed by atoms with Crippen LogP contribution in [0, 0.1) is 0 Å². The van der Waals surface area contributed by atoms with Gasteiger partial charge in [0.2, 0.25) is 0 Å². The Morgan fingerprint density at radius 2 is 2.26 bits per heavy atom. The molecule has 0 spiro atoms. The highest BCUT2D eigenvalue weighted by molar-refractivity contribution is 7.16. The highest BCUT2D eigenvalue weighted by Crippen LogP contribution is 2.21. The number of amides is 2. The van der Waals surface area contributed by atoms with Gasteiger partial charge >= 0.3 is 12.0 Å². The molecule has 0 aliphatic rings. The summed E-state index contributed by atoms with van der Waals surface area (Å²) < 4.78 is 0.961. The molecule has 0 aliphatic carbocycles. The zero-order chi connectivity index (χ0) is 13.8. The van der Waals surface area contributed by atoms with E-state index in [1.807, 2.05) is 0 Å². The van der Waals surface area contributed by atoms with Crippen molar-refractivity contribution in [2.75, 3.05) is 5.32 Å². The van der Waals surface area contributed by atoms with Crippen LogP contribution in [-0.4, -0.2) is 28.1 Å². The monoisotopic (exact) mass is 279 g/mol. The summed E-state index contributed by atoms with van der Waals surface area (Å²) in [6.45, 7) is 1.70. The third-order valence-electron chi connectivity index (χ3n) is 2.60. The van der Waals surface area contributed by atoms with Crippen LogP contribution in [0.3, 0.4) is 0 Å². The topological polar surface area (TPSA) is 91.3 Å². The summed E-state index contributed by atoms with van der Waals surface area (Å²) in [5, 5.41) is 13.9. The Morgan fingerprint density at radius 1 is 1.47 bits per heavy atom. The van der Waals surface area contributed by atoms with Crippen LogP contribution in [0.25, 0.3) is 10.2 Å². The lowest BCUT2D eigenvalue weighted by Crippen LogP contribution is -2.42. The van der Waals surface area contributed by atoms with Crippen molar-refractivity contribution in [1.82, 2.24) is 10.3 Å². The number of aliphatic carboxylic acids is 1. The van der Waals surface area contributed by atoms with Gasteiger partial charge in [-0.1, -0.05) is 6.92 Å². The summed E-state index contributed by atoms with van der Waals surface area (Å²) in [6.07, 6.45) is 0.330. The molecule has 7 heteroatoms. The molecule has 1 unspecified atom stereocenters. The first-order valence-corrected chi connectivity index (χ1v) is 6.61. The molecule has 1 aromatic carbocycles. The molecule has 0 bridgehead atoms. The van der Waals surface area contributed by atoms with Crippen molar-refractivity contribution in [1.29, 1.82) is 0 Å². The highest BCUT2D eigenvalue weighted by Gasteiger charge is 2.17. The SMILES string of the molecule is CCC(NC(=O)Nc1ccc2ncsc2c1)C(=O)O. The Bertz CT molecular complexity index is 611. The Morgan fingerprint density at radius 3 is 2.95 bits per heavy atom. The maximum Gasteiger partial charge on any atom is 0.326 e. The van der Waals surface area contributed by atoms with Crippen LogP contribution in [-0.2, 0) is 4.79 Å². The second kappa shape index (κ2) is 5.66. The normalized spacial score (nSPS) is 12.1. The van der Waals surface area contributed by atoms with Gasteiger partial charge in [-0.25, -0.2) is 14.6 Å². The van der Waals surface area contributed by atoms with Gasteiger partial charge in [0.25, 0.3) is 0 Å². The van der Waals surface area contributed by atoms with Gasteiger partial charge in [0.15, 0.2) is 0 Å². The number of hydrogen-bond donors (Lipinski definition) is 3. The molecule has 1 aromatic heterocycles. The van der Waals surface area contributed by atoms with Gasteiger partial charge in [-0.05, 0) is 24.6 Å². The first kappa shape index (κ1) is 13.3. The van der Waals surface area contributed by atoms with Crippen molar-refractivity contribution in [3.05, 3.63) is 23.7 Å². The number of rotatable bonds is 4. The zero-order valence-electron chi connectivity index (χ0n) is 10.2. The smallest absolute Gasteiger partial charge is 0.326 e. The number of nitrogens with one attached hydrogen (secondary N) is 2. The van der Waals surface area contributed by atoms with Crippen molar-refractivity contribution in [2.45, 2.75) is 19.4 Å². The third-order valence-corrected chi connectivity index (χ3v) is 3.39. The van der Waals surface area contributed by atoms with Gasteiger partial charge in [-0.15, -0.1) is 11.3 Å². The molecule has 0 fully saturated rings. The summed E-state index contributed by atoms with van der Waals surface area (Å²) >= 11 is 1.47. The Hall–Kier alpha value is -2.15. The fourth-order valence-corrected chi connectivity index (χ4v) is 2.31. The fraction of sp³-hybridized carbons (Fsp3) is 0.250. The minimum Gasteiger partial charge on any atom is -0.480 e. The van der Waals surface area contributed by atoms with E-state index in [1.165, 1.54) is 11.3 Å². The minimum atomic E-state index is -1.05. The van der Waals surface area contributed by atoms with Crippen molar-refractivity contribution in [3.8, 4) is 0 Å². The van der Waals surface area contributed by atoms with Crippen LogP contribution in [0.4, 0.5) is 10.5 Å². The maximum absolute atomic E-state index is 11.7. The molecule has 0 radical (unpaired) electrons. The van der Waals surface area contributed by atoms with E-state index < -0.39 is 18.0 Å². The lowest BCUT2D eigenvalue weighted by Gasteiger charge is -2.13. The molecule has 0 saturated carbocycles. The molecular weight excluding hydrogens is 266 g/mol. The van der Waals surface area contributed by atoms with E-state index in [0.29, 0.717) is 12.1 Å². The number of carbonyl (C=O) groups is 2. The molecule has 3 N–H and O–H groups in total. The molecule has 2 rings (SSSR count). The molecule has 2 aromatic rings. The van der Waals surface area contributed by atoms with Gasteiger partial charge in [0, 0.05) is 5.69 Å². The number of aromatic nitrogens is 1. The molecule has 0 saturated heterocycles. The van der Waals surface area contributed by atoms with Crippen LogP contribution in [0.5, 0.6) is 0 Å². The molecule has 100 valence electrons. The molecule has 1 atom stereocenters. The fourth-order valence-electron chi connectivity index (χ4n) is 1.60. The number of hydrogen-bond acceptors (Lipinski definition) is 4. The van der Waals surface area contributed by atoms with Crippen molar-refractivity contribution in [3.63, 3.8) is 0 Å². The summed E-state index contributed by atoms with van der Waals surface area (Å²) in [7, 11) is 0. The molecular formula is C12H13N3O3S. The Labute approximate surface area is 113 Å². The number of carboxylic acid groups (broad SMARTS) is 1. The summed E-state index contributed by atoms with van der Waals surface area (Å²) in [5.74, 6) is -1.05. The molecule has 1 heterocycles. The average Bonchev–Trinajstić information content (AvgIpc) is 2.82. The second-order valence-electron chi connectivity index (χ2n) is 3.93. The molecule has 2 amide bonds. The van der Waals surface area contributed by atoms with E-state index in [-0.39, 0.29) is 0 Å². The van der Waals surface area contributed by atoms with E-state index in [9.17, 15) is 9.59 Å². The number of nitrogens with zero attached hydrogens (tertiary/aromatic N) is 1. The van der Waals surface area contributed by atoms with Crippen LogP contribution >= 0.6 is 11.3 Å². The first-order chi connectivity index (χ1) is 9.10. The lowest BCUT2D eigenvalue weighted by molar-refractivity contribution is -0.139. The predicted octanol–water partition coefficient (Wildman–Crippen LogP) is 2.28. The van der Waals surface area contributed by atoms with Crippen molar-refractivity contribution in [2.24, 2.45) is 0 Å². The van der Waals surface area contributed by atoms with Crippen LogP contribution < -0.4 is 10.6 Å². The molecule has 0 aliphatic heterocycles. The van der Waals surface area contributed by atoms with Gasteiger partial charge in [0.1, 0.15) is 6.04 Å². The second-order valence-corrected chi connectivity index (χ2v) is 4.82. The molecule has 19 heavy (non-hydrogen) atoms. The molecule has 6 nitrogen and oxygen atoms in total. The largest absolute Gasteiger partial charge is 0.480 e. The third kappa shape index (κ3) is 3.19. The Kier molecular flexibility index (Phi) is 3.96. The minimum absolute atomic E-state index is 0.330. The maximum atomic E-state index is 11.7. The van der Waals surface area contributed by atoms with E-state index in [2.05, 4.69) is 15.6 Å². The van der Waals surface area contributed by atoms with E-state index >= 15 is 0 Å². The average molecular weight is 279 g/mol. The van der Waals surface area contributed by atoms with Crippen LogP contribution in [0.15, 0.2) is 23.7 Å². The van der Waals surface area contributed by atoms with Gasteiger partial charge in [0.05, 0.1) is 15.7 Å². The van der Waals surface area contributed by atoms with Gasteiger partial charge < -0.3 is 15.7 Å². The van der Waals surface area contributed by atoms with Gasteiger partial charge in [-0.2, -0.15) is 0 Å². The van der Waals surface area contributed by atoms with E-state index in [4.69, 9.17) is 5.11 Å². The number of carboxylic acids is 1. The van der Waals surface area contributed by atoms with Crippen LogP contribution in [0.2, 0.25) is 0 Å². The number of thiazole rings is 1. The summed E-state index contributed by atoms with van der Waals surface area (Å²) in [5.41, 5.74) is 3.20. The summed E-state index contributed by atoms with van der Waals surface area (Å²) in [4.78, 5) is 26.6. The van der Waals surface area contributed by atoms with Crippen molar-refractivity contribution >= 4 is 39.2 Å².